The average molecular weight is 324 g/mol. The number of nitrogens with one attached hydrogen (secondary N) is 2. The molecule has 0 aromatic heterocycles. The Labute approximate surface area is 128 Å². The fourth-order valence-electron chi connectivity index (χ4n) is 2.00. The molecular weight excluding hydrogens is 305 g/mol. The number of amides is 3. The van der Waals surface area contributed by atoms with Gasteiger partial charge >= 0.3 is 0 Å². The van der Waals surface area contributed by atoms with E-state index in [2.05, 4.69) is 10.6 Å². The molecule has 1 saturated heterocycles. The number of likely N-dealkylation sites (tertiary alicyclic amines) is 1. The van der Waals surface area contributed by atoms with Gasteiger partial charge in [0, 0.05) is 32.1 Å². The Morgan fingerprint density at radius 1 is 1.30 bits per heavy atom. The summed E-state index contributed by atoms with van der Waals surface area (Å²) < 4.78 is 0. The van der Waals surface area contributed by atoms with Crippen molar-refractivity contribution in [2.45, 2.75) is 31.1 Å². The topological polar surface area (TPSA) is 78.5 Å². The number of carbonyl (C=O) groups excluding carboxylic acids is 3. The highest BCUT2D eigenvalue weighted by molar-refractivity contribution is 6.53. The van der Waals surface area contributed by atoms with Gasteiger partial charge in [-0.25, -0.2) is 0 Å². The van der Waals surface area contributed by atoms with Crippen molar-refractivity contribution in [3.8, 4) is 0 Å². The minimum absolute atomic E-state index is 0.000532. The average Bonchev–Trinajstić information content (AvgIpc) is 2.76. The SMILES string of the molecule is CC(C)N1CC(C(=O)NCCNC(=O)C(Cl)Cl)CC1=O. The molecule has 0 bridgehead atoms. The maximum absolute atomic E-state index is 11.9. The molecule has 20 heavy (non-hydrogen) atoms. The summed E-state index contributed by atoms with van der Waals surface area (Å²) in [6.45, 7) is 4.80. The second-order valence-corrected chi connectivity index (χ2v) is 6.02. The monoisotopic (exact) mass is 323 g/mol. The molecule has 1 rings (SSSR count). The van der Waals surface area contributed by atoms with E-state index in [1.807, 2.05) is 13.8 Å². The second-order valence-electron chi connectivity index (χ2n) is 4.92. The smallest absolute Gasteiger partial charge is 0.253 e. The lowest BCUT2D eigenvalue weighted by molar-refractivity contribution is -0.129. The summed E-state index contributed by atoms with van der Waals surface area (Å²) in [7, 11) is 0. The van der Waals surface area contributed by atoms with Gasteiger partial charge in [-0.05, 0) is 13.8 Å². The normalized spacial score (nSPS) is 18.8. The molecule has 0 aromatic carbocycles. The fourth-order valence-corrected chi connectivity index (χ4v) is 2.15. The molecule has 3 amide bonds. The van der Waals surface area contributed by atoms with Crippen molar-refractivity contribution in [1.29, 1.82) is 0 Å². The van der Waals surface area contributed by atoms with Crippen molar-refractivity contribution in [2.75, 3.05) is 19.6 Å². The minimum Gasteiger partial charge on any atom is -0.354 e. The lowest BCUT2D eigenvalue weighted by atomic mass is 10.1. The Bertz CT molecular complexity index is 388. The van der Waals surface area contributed by atoms with E-state index >= 15 is 0 Å². The van der Waals surface area contributed by atoms with Crippen LogP contribution in [0.3, 0.4) is 0 Å². The van der Waals surface area contributed by atoms with Crippen LogP contribution in [0.4, 0.5) is 0 Å². The first kappa shape index (κ1) is 17.0. The van der Waals surface area contributed by atoms with Gasteiger partial charge in [0.2, 0.25) is 11.8 Å². The van der Waals surface area contributed by atoms with Crippen molar-refractivity contribution in [3.05, 3.63) is 0 Å². The number of halogens is 2. The van der Waals surface area contributed by atoms with E-state index < -0.39 is 10.7 Å². The third kappa shape index (κ3) is 4.83. The quantitative estimate of drug-likeness (QED) is 0.544. The zero-order valence-electron chi connectivity index (χ0n) is 11.5. The number of hydrogen-bond donors (Lipinski definition) is 2. The van der Waals surface area contributed by atoms with Gasteiger partial charge in [0.15, 0.2) is 4.84 Å². The van der Waals surface area contributed by atoms with Crippen molar-refractivity contribution in [3.63, 3.8) is 0 Å². The molecule has 0 spiro atoms. The first-order valence-electron chi connectivity index (χ1n) is 6.46. The van der Waals surface area contributed by atoms with Gasteiger partial charge in [-0.2, -0.15) is 0 Å². The minimum atomic E-state index is -1.11. The summed E-state index contributed by atoms with van der Waals surface area (Å²) in [4.78, 5) is 35.2. The third-order valence-electron chi connectivity index (χ3n) is 3.07. The maximum atomic E-state index is 11.9. The number of alkyl halides is 2. The van der Waals surface area contributed by atoms with Gasteiger partial charge in [0.25, 0.3) is 5.91 Å². The molecule has 1 aliphatic heterocycles. The summed E-state index contributed by atoms with van der Waals surface area (Å²) in [5.74, 6) is -0.997. The lowest BCUT2D eigenvalue weighted by Crippen LogP contribution is -2.40. The molecule has 1 unspecified atom stereocenters. The second kappa shape index (κ2) is 7.69. The number of rotatable bonds is 6. The third-order valence-corrected chi connectivity index (χ3v) is 3.47. The molecule has 2 N–H and O–H groups in total. The van der Waals surface area contributed by atoms with Crippen LogP contribution in [-0.2, 0) is 14.4 Å². The van der Waals surface area contributed by atoms with Gasteiger partial charge in [-0.1, -0.05) is 23.2 Å². The standard InChI is InChI=1S/C12H19Cl2N3O3/c1-7(2)17-6-8(5-9(17)18)11(19)15-3-4-16-12(20)10(13)14/h7-8,10H,3-6H2,1-2H3,(H,15,19)(H,16,20). The first-order valence-corrected chi connectivity index (χ1v) is 7.33. The molecule has 6 nitrogen and oxygen atoms in total. The Morgan fingerprint density at radius 2 is 1.90 bits per heavy atom. The number of nitrogens with zero attached hydrogens (tertiary/aromatic N) is 1. The van der Waals surface area contributed by atoms with E-state index in [1.165, 1.54) is 0 Å². The summed E-state index contributed by atoms with van der Waals surface area (Å²) >= 11 is 10.7. The fraction of sp³-hybridized carbons (Fsp3) is 0.750. The van der Waals surface area contributed by atoms with Gasteiger partial charge < -0.3 is 15.5 Å². The van der Waals surface area contributed by atoms with Gasteiger partial charge in [-0.15, -0.1) is 0 Å². The van der Waals surface area contributed by atoms with Gasteiger partial charge in [0.1, 0.15) is 0 Å². The van der Waals surface area contributed by atoms with E-state index in [4.69, 9.17) is 23.2 Å². The molecule has 1 fully saturated rings. The van der Waals surface area contributed by atoms with Crippen LogP contribution in [-0.4, -0.2) is 53.1 Å². The summed E-state index contributed by atoms with van der Waals surface area (Å²) in [5, 5.41) is 5.15. The van der Waals surface area contributed by atoms with E-state index in [9.17, 15) is 14.4 Å². The van der Waals surface area contributed by atoms with Crippen LogP contribution < -0.4 is 10.6 Å². The molecule has 1 heterocycles. The molecule has 1 aliphatic rings. The van der Waals surface area contributed by atoms with Crippen LogP contribution >= 0.6 is 23.2 Å². The zero-order valence-corrected chi connectivity index (χ0v) is 13.0. The Hall–Kier alpha value is -1.01. The summed E-state index contributed by atoms with van der Waals surface area (Å²) in [5.41, 5.74) is 0. The van der Waals surface area contributed by atoms with E-state index in [1.54, 1.807) is 4.90 Å². The van der Waals surface area contributed by atoms with Crippen LogP contribution in [0.15, 0.2) is 0 Å². The maximum Gasteiger partial charge on any atom is 0.253 e. The summed E-state index contributed by atoms with van der Waals surface area (Å²) in [6.07, 6.45) is 0.238. The van der Waals surface area contributed by atoms with Crippen molar-refractivity contribution >= 4 is 40.9 Å². The highest BCUT2D eigenvalue weighted by Gasteiger charge is 2.35. The molecular formula is C12H19Cl2N3O3. The van der Waals surface area contributed by atoms with E-state index in [0.717, 1.165) is 0 Å². The molecule has 8 heteroatoms. The van der Waals surface area contributed by atoms with E-state index in [0.29, 0.717) is 6.54 Å². The molecule has 0 saturated carbocycles. The van der Waals surface area contributed by atoms with Crippen LogP contribution in [0.2, 0.25) is 0 Å². The number of carbonyl (C=O) groups is 3. The van der Waals surface area contributed by atoms with Crippen LogP contribution in [0.5, 0.6) is 0 Å². The molecule has 0 radical (unpaired) electrons. The molecule has 1 atom stereocenters. The summed E-state index contributed by atoms with van der Waals surface area (Å²) in [6, 6.07) is 0.101. The predicted octanol–water partition coefficient (Wildman–Crippen LogP) is 0.279. The van der Waals surface area contributed by atoms with Gasteiger partial charge in [0.05, 0.1) is 5.92 Å². The van der Waals surface area contributed by atoms with Crippen LogP contribution in [0.25, 0.3) is 0 Å². The lowest BCUT2D eigenvalue weighted by Gasteiger charge is -2.20. The molecule has 114 valence electrons. The molecule has 0 aliphatic carbocycles. The van der Waals surface area contributed by atoms with Crippen molar-refractivity contribution < 1.29 is 14.4 Å². The number of hydrogen-bond acceptors (Lipinski definition) is 3. The highest BCUT2D eigenvalue weighted by atomic mass is 35.5. The van der Waals surface area contributed by atoms with E-state index in [-0.39, 0.29) is 43.3 Å². The Kier molecular flexibility index (Phi) is 6.55. The van der Waals surface area contributed by atoms with Crippen LogP contribution in [0, 0.1) is 5.92 Å². The first-order chi connectivity index (χ1) is 9.32. The van der Waals surface area contributed by atoms with Gasteiger partial charge in [-0.3, -0.25) is 14.4 Å². The van der Waals surface area contributed by atoms with Crippen molar-refractivity contribution in [1.82, 2.24) is 15.5 Å². The Morgan fingerprint density at radius 3 is 2.40 bits per heavy atom. The van der Waals surface area contributed by atoms with Crippen molar-refractivity contribution in [2.24, 2.45) is 5.92 Å². The molecule has 0 aromatic rings. The highest BCUT2D eigenvalue weighted by Crippen LogP contribution is 2.19. The Balaban J connectivity index is 2.27. The zero-order chi connectivity index (χ0) is 15.3. The predicted molar refractivity (Wildman–Crippen MR) is 76.5 cm³/mol. The largest absolute Gasteiger partial charge is 0.354 e. The van der Waals surface area contributed by atoms with Crippen LogP contribution in [0.1, 0.15) is 20.3 Å².